The Morgan fingerprint density at radius 3 is 2.41 bits per heavy atom. The van der Waals surface area contributed by atoms with E-state index in [0.717, 1.165) is 37.7 Å². The molecular formula is C17H18N2O2S. The summed E-state index contributed by atoms with van der Waals surface area (Å²) in [5, 5.41) is 2.90. The average molecular weight is 314 g/mol. The summed E-state index contributed by atoms with van der Waals surface area (Å²) in [7, 11) is 0. The fraction of sp³-hybridized carbons (Fsp3) is 0.235. The third-order valence-electron chi connectivity index (χ3n) is 3.65. The maximum Gasteiger partial charge on any atom is 0.256 e. The van der Waals surface area contributed by atoms with Gasteiger partial charge in [0.2, 0.25) is 0 Å². The van der Waals surface area contributed by atoms with E-state index in [4.69, 9.17) is 4.74 Å². The predicted molar refractivity (Wildman–Crippen MR) is 91.1 cm³/mol. The molecule has 0 radical (unpaired) electrons. The molecule has 1 aliphatic rings. The first-order chi connectivity index (χ1) is 10.7. The van der Waals surface area contributed by atoms with Gasteiger partial charge >= 0.3 is 0 Å². The summed E-state index contributed by atoms with van der Waals surface area (Å²) in [5.74, 6) is -0.148. The van der Waals surface area contributed by atoms with Gasteiger partial charge in [0, 0.05) is 29.4 Å². The topological polar surface area (TPSA) is 41.6 Å². The molecule has 114 valence electrons. The lowest BCUT2D eigenvalue weighted by atomic mass is 10.2. The van der Waals surface area contributed by atoms with Crippen molar-refractivity contribution in [1.29, 1.82) is 0 Å². The lowest BCUT2D eigenvalue weighted by Crippen LogP contribution is -2.36. The van der Waals surface area contributed by atoms with Crippen LogP contribution in [0.25, 0.3) is 0 Å². The molecule has 2 aromatic carbocycles. The number of rotatable bonds is 3. The Labute approximate surface area is 135 Å². The number of morpholine rings is 1. The van der Waals surface area contributed by atoms with Crippen molar-refractivity contribution in [3.8, 4) is 0 Å². The Balaban J connectivity index is 1.68. The molecule has 3 rings (SSSR count). The van der Waals surface area contributed by atoms with E-state index in [1.807, 2.05) is 36.4 Å². The predicted octanol–water partition coefficient (Wildman–Crippen LogP) is 3.06. The summed E-state index contributed by atoms with van der Waals surface area (Å²) in [5.41, 5.74) is 2.50. The van der Waals surface area contributed by atoms with Crippen LogP contribution in [-0.2, 0) is 4.74 Å². The smallest absolute Gasteiger partial charge is 0.256 e. The third-order valence-corrected chi connectivity index (χ3v) is 4.04. The minimum Gasteiger partial charge on any atom is -0.378 e. The molecule has 2 aromatic rings. The van der Waals surface area contributed by atoms with Crippen LogP contribution in [0.1, 0.15) is 10.4 Å². The SMILES string of the molecule is O=C(Nc1ccc(N2CCOCC2)cc1)c1ccccc1S. The molecule has 22 heavy (non-hydrogen) atoms. The molecule has 0 aliphatic carbocycles. The minimum atomic E-state index is -0.148. The molecular weight excluding hydrogens is 296 g/mol. The van der Waals surface area contributed by atoms with Crippen LogP contribution in [0.4, 0.5) is 11.4 Å². The Kier molecular flexibility index (Phi) is 4.65. The molecule has 0 unspecified atom stereocenters. The Bertz CT molecular complexity index is 652. The molecule has 1 fully saturated rings. The highest BCUT2D eigenvalue weighted by atomic mass is 32.1. The molecule has 1 aliphatic heterocycles. The maximum absolute atomic E-state index is 12.2. The van der Waals surface area contributed by atoms with Crippen LogP contribution >= 0.6 is 12.6 Å². The zero-order valence-corrected chi connectivity index (χ0v) is 13.1. The molecule has 0 atom stereocenters. The first-order valence-electron chi connectivity index (χ1n) is 7.26. The number of thiol groups is 1. The summed E-state index contributed by atoms with van der Waals surface area (Å²) < 4.78 is 5.35. The van der Waals surface area contributed by atoms with Gasteiger partial charge in [-0.2, -0.15) is 0 Å². The van der Waals surface area contributed by atoms with E-state index in [2.05, 4.69) is 22.8 Å². The summed E-state index contributed by atoms with van der Waals surface area (Å²) in [4.78, 5) is 15.2. The number of benzene rings is 2. The van der Waals surface area contributed by atoms with Crippen molar-refractivity contribution in [3.63, 3.8) is 0 Å². The molecule has 0 bridgehead atoms. The fourth-order valence-electron chi connectivity index (χ4n) is 2.44. The van der Waals surface area contributed by atoms with Gasteiger partial charge in [-0.05, 0) is 36.4 Å². The van der Waals surface area contributed by atoms with Gasteiger partial charge in [-0.3, -0.25) is 4.79 Å². The number of ether oxygens (including phenoxy) is 1. The normalized spacial score (nSPS) is 14.7. The molecule has 1 saturated heterocycles. The van der Waals surface area contributed by atoms with Crippen LogP contribution in [0.5, 0.6) is 0 Å². The van der Waals surface area contributed by atoms with Crippen LogP contribution in [0, 0.1) is 0 Å². The molecule has 5 heteroatoms. The van der Waals surface area contributed by atoms with Crippen molar-refractivity contribution in [2.24, 2.45) is 0 Å². The number of nitrogens with zero attached hydrogens (tertiary/aromatic N) is 1. The quantitative estimate of drug-likeness (QED) is 0.856. The number of hydrogen-bond donors (Lipinski definition) is 2. The van der Waals surface area contributed by atoms with E-state index in [9.17, 15) is 4.79 Å². The summed E-state index contributed by atoms with van der Waals surface area (Å²) >= 11 is 4.31. The van der Waals surface area contributed by atoms with E-state index in [1.165, 1.54) is 0 Å². The molecule has 4 nitrogen and oxygen atoms in total. The zero-order valence-electron chi connectivity index (χ0n) is 12.2. The van der Waals surface area contributed by atoms with Crippen molar-refractivity contribution in [2.45, 2.75) is 4.90 Å². The number of hydrogen-bond acceptors (Lipinski definition) is 4. The van der Waals surface area contributed by atoms with Gasteiger partial charge in [-0.15, -0.1) is 12.6 Å². The molecule has 0 spiro atoms. The highest BCUT2D eigenvalue weighted by Gasteiger charge is 2.12. The first-order valence-corrected chi connectivity index (χ1v) is 7.71. The van der Waals surface area contributed by atoms with Crippen molar-refractivity contribution in [3.05, 3.63) is 54.1 Å². The van der Waals surface area contributed by atoms with Crippen LogP contribution < -0.4 is 10.2 Å². The van der Waals surface area contributed by atoms with Crippen LogP contribution in [0.3, 0.4) is 0 Å². The molecule has 0 saturated carbocycles. The number of carbonyl (C=O) groups is 1. The van der Waals surface area contributed by atoms with E-state index >= 15 is 0 Å². The summed E-state index contributed by atoms with van der Waals surface area (Å²) in [6, 6.07) is 15.1. The van der Waals surface area contributed by atoms with Gasteiger partial charge in [-0.1, -0.05) is 12.1 Å². The lowest BCUT2D eigenvalue weighted by Gasteiger charge is -2.28. The second kappa shape index (κ2) is 6.85. The second-order valence-corrected chi connectivity index (χ2v) is 5.60. The third kappa shape index (κ3) is 3.43. The molecule has 1 N–H and O–H groups in total. The highest BCUT2D eigenvalue weighted by molar-refractivity contribution is 7.80. The van der Waals surface area contributed by atoms with Crippen molar-refractivity contribution >= 4 is 29.9 Å². The van der Waals surface area contributed by atoms with Gasteiger partial charge in [0.05, 0.1) is 18.8 Å². The lowest BCUT2D eigenvalue weighted by molar-refractivity contribution is 0.102. The van der Waals surface area contributed by atoms with Gasteiger partial charge in [0.1, 0.15) is 0 Å². The standard InChI is InChI=1S/C17H18N2O2S/c20-17(15-3-1-2-4-16(15)22)18-13-5-7-14(8-6-13)19-9-11-21-12-10-19/h1-8,22H,9-12H2,(H,18,20). The van der Waals surface area contributed by atoms with E-state index < -0.39 is 0 Å². The fourth-order valence-corrected chi connectivity index (χ4v) is 2.70. The van der Waals surface area contributed by atoms with Crippen LogP contribution in [0.2, 0.25) is 0 Å². The number of nitrogens with one attached hydrogen (secondary N) is 1. The Morgan fingerprint density at radius 2 is 1.73 bits per heavy atom. The monoisotopic (exact) mass is 314 g/mol. The minimum absolute atomic E-state index is 0.148. The van der Waals surface area contributed by atoms with E-state index in [-0.39, 0.29) is 5.91 Å². The van der Waals surface area contributed by atoms with Gasteiger partial charge in [0.25, 0.3) is 5.91 Å². The van der Waals surface area contributed by atoms with Gasteiger partial charge in [-0.25, -0.2) is 0 Å². The number of carbonyl (C=O) groups excluding carboxylic acids is 1. The average Bonchev–Trinajstić information content (AvgIpc) is 2.57. The number of amides is 1. The zero-order chi connectivity index (χ0) is 15.4. The molecule has 1 amide bonds. The van der Waals surface area contributed by atoms with Gasteiger partial charge < -0.3 is 15.0 Å². The Hall–Kier alpha value is -1.98. The van der Waals surface area contributed by atoms with Crippen molar-refractivity contribution in [2.75, 3.05) is 36.5 Å². The maximum atomic E-state index is 12.2. The molecule has 0 aromatic heterocycles. The highest BCUT2D eigenvalue weighted by Crippen LogP contribution is 2.20. The largest absolute Gasteiger partial charge is 0.378 e. The van der Waals surface area contributed by atoms with Crippen molar-refractivity contribution < 1.29 is 9.53 Å². The van der Waals surface area contributed by atoms with Crippen LogP contribution in [0.15, 0.2) is 53.4 Å². The van der Waals surface area contributed by atoms with Gasteiger partial charge in [0.15, 0.2) is 0 Å². The first kappa shape index (κ1) is 14.9. The summed E-state index contributed by atoms with van der Waals surface area (Å²) in [6.07, 6.45) is 0. The Morgan fingerprint density at radius 1 is 1.05 bits per heavy atom. The second-order valence-electron chi connectivity index (χ2n) is 5.12. The molecule has 1 heterocycles. The van der Waals surface area contributed by atoms with Crippen molar-refractivity contribution in [1.82, 2.24) is 0 Å². The van der Waals surface area contributed by atoms with E-state index in [0.29, 0.717) is 10.5 Å². The van der Waals surface area contributed by atoms with Crippen LogP contribution in [-0.4, -0.2) is 32.2 Å². The number of anilines is 2. The summed E-state index contributed by atoms with van der Waals surface area (Å²) in [6.45, 7) is 3.33. The van der Waals surface area contributed by atoms with E-state index in [1.54, 1.807) is 12.1 Å².